The molecule has 0 spiro atoms. The molecule has 1 heterocycles. The third-order valence-electron chi connectivity index (χ3n) is 4.47. The van der Waals surface area contributed by atoms with E-state index in [1.54, 1.807) is 0 Å². The Morgan fingerprint density at radius 2 is 1.96 bits per heavy atom. The van der Waals surface area contributed by atoms with Crippen molar-refractivity contribution in [3.8, 4) is 0 Å². The molecule has 2 aromatic rings. The van der Waals surface area contributed by atoms with Gasteiger partial charge in [-0.15, -0.1) is 0 Å². The van der Waals surface area contributed by atoms with Crippen molar-refractivity contribution in [1.82, 2.24) is 4.98 Å². The number of benzene rings is 1. The second kappa shape index (κ2) is 9.32. The summed E-state index contributed by atoms with van der Waals surface area (Å²) in [7, 11) is 1.50. The summed E-state index contributed by atoms with van der Waals surface area (Å²) >= 11 is 0. The van der Waals surface area contributed by atoms with E-state index < -0.39 is 18.3 Å². The molecule has 3 N–H and O–H groups in total. The predicted molar refractivity (Wildman–Crippen MR) is 108 cm³/mol. The average Bonchev–Trinajstić information content (AvgIpc) is 3.06. The Balaban J connectivity index is 2.05. The molecule has 2 rings (SSSR count). The van der Waals surface area contributed by atoms with Gasteiger partial charge in [0, 0.05) is 25.2 Å². The largest absolute Gasteiger partial charge is 0.390 e. The van der Waals surface area contributed by atoms with Crippen molar-refractivity contribution in [3.05, 3.63) is 36.0 Å². The molecular weight excluding hydrogens is 360 g/mol. The Hall–Kier alpha value is -2.22. The first-order valence-corrected chi connectivity index (χ1v) is 9.30. The number of methoxy groups -OCH3 is 1. The molecule has 0 amide bonds. The maximum absolute atomic E-state index is 12.3. The molecule has 0 saturated carbocycles. The number of hydrogen-bond donors (Lipinski definition) is 3. The summed E-state index contributed by atoms with van der Waals surface area (Å²) in [5.74, 6) is -0.144. The van der Waals surface area contributed by atoms with E-state index in [1.165, 1.54) is 14.0 Å². The number of carbonyl (C=O) groups excluding carboxylic acids is 1. The van der Waals surface area contributed by atoms with Gasteiger partial charge in [0.15, 0.2) is 12.4 Å². The number of aromatic amines is 1. The van der Waals surface area contributed by atoms with Crippen molar-refractivity contribution in [3.63, 3.8) is 0 Å². The number of nitrogens with zero attached hydrogens (tertiary/aromatic N) is 1. The maximum Gasteiger partial charge on any atom is 0.177 e. The molecule has 0 aliphatic carbocycles. The van der Waals surface area contributed by atoms with E-state index in [9.17, 15) is 15.0 Å². The smallest absolute Gasteiger partial charge is 0.177 e. The third kappa shape index (κ3) is 5.64. The molecule has 28 heavy (non-hydrogen) atoms. The minimum atomic E-state index is -1.25. The lowest BCUT2D eigenvalue weighted by Gasteiger charge is -2.32. The third-order valence-corrected chi connectivity index (χ3v) is 4.47. The molecule has 0 aliphatic rings. The summed E-state index contributed by atoms with van der Waals surface area (Å²) < 4.78 is 5.46. The number of hydrogen-bond acceptors (Lipinski definition) is 6. The number of H-pyrrole nitrogens is 1. The van der Waals surface area contributed by atoms with Gasteiger partial charge in [-0.05, 0) is 41.5 Å². The van der Waals surface area contributed by atoms with Crippen molar-refractivity contribution >= 4 is 22.4 Å². The van der Waals surface area contributed by atoms with Crippen LogP contribution in [-0.2, 0) is 20.8 Å². The fourth-order valence-corrected chi connectivity index (χ4v) is 3.09. The molecule has 0 radical (unpaired) electrons. The van der Waals surface area contributed by atoms with Gasteiger partial charge in [-0.25, -0.2) is 0 Å². The van der Waals surface area contributed by atoms with Crippen molar-refractivity contribution in [1.29, 1.82) is 0 Å². The van der Waals surface area contributed by atoms with E-state index in [0.717, 1.165) is 16.5 Å². The standard InChI is InChI=1S/C21H30N2O5/c1-13(24)19(26)18(20(27-5)21(2,3)4)23-28-12-16(25)11-14-6-7-17-15(10-14)8-9-22-17/h6-10,13,19-20,22,24,26H,11-12H2,1-5H3/b23-18+/t13-,19+,20-/m1/s1. The lowest BCUT2D eigenvalue weighted by atomic mass is 9.83. The summed E-state index contributed by atoms with van der Waals surface area (Å²) in [6.07, 6.45) is -0.813. The zero-order valence-corrected chi connectivity index (χ0v) is 17.1. The minimum Gasteiger partial charge on any atom is -0.390 e. The Bertz CT molecular complexity index is 820. The van der Waals surface area contributed by atoms with Gasteiger partial charge < -0.3 is 24.8 Å². The monoisotopic (exact) mass is 390 g/mol. The van der Waals surface area contributed by atoms with Gasteiger partial charge in [0.2, 0.25) is 0 Å². The van der Waals surface area contributed by atoms with Gasteiger partial charge in [0.1, 0.15) is 17.9 Å². The Kier molecular flexibility index (Phi) is 7.35. The highest BCUT2D eigenvalue weighted by Crippen LogP contribution is 2.25. The molecule has 0 aliphatic heterocycles. The normalized spacial score (nSPS) is 16.0. The van der Waals surface area contributed by atoms with Gasteiger partial charge in [-0.1, -0.05) is 32.0 Å². The van der Waals surface area contributed by atoms with Gasteiger partial charge in [0.25, 0.3) is 0 Å². The summed E-state index contributed by atoms with van der Waals surface area (Å²) in [6.45, 7) is 6.99. The Morgan fingerprint density at radius 3 is 2.57 bits per heavy atom. The van der Waals surface area contributed by atoms with Crippen molar-refractivity contribution in [2.24, 2.45) is 10.6 Å². The molecule has 0 saturated heterocycles. The average molecular weight is 390 g/mol. The molecular formula is C21H30N2O5. The number of oxime groups is 1. The first kappa shape index (κ1) is 22.1. The van der Waals surface area contributed by atoms with Crippen LogP contribution in [0.1, 0.15) is 33.3 Å². The number of fused-ring (bicyclic) bond motifs is 1. The number of ketones is 1. The first-order chi connectivity index (χ1) is 13.1. The number of Topliss-reactive ketones (excluding diaryl/α,β-unsaturated/α-hetero) is 1. The summed E-state index contributed by atoms with van der Waals surface area (Å²) in [6, 6.07) is 7.73. The second-order valence-corrected chi connectivity index (χ2v) is 8.07. The summed E-state index contributed by atoms with van der Waals surface area (Å²) in [4.78, 5) is 20.6. The van der Waals surface area contributed by atoms with E-state index in [0.29, 0.717) is 0 Å². The molecule has 1 aromatic heterocycles. The van der Waals surface area contributed by atoms with Gasteiger partial charge >= 0.3 is 0 Å². The number of aliphatic hydroxyl groups excluding tert-OH is 2. The quantitative estimate of drug-likeness (QED) is 0.451. The topological polar surface area (TPSA) is 104 Å². The number of rotatable bonds is 9. The number of aliphatic hydroxyl groups is 2. The van der Waals surface area contributed by atoms with Crippen LogP contribution < -0.4 is 0 Å². The van der Waals surface area contributed by atoms with E-state index >= 15 is 0 Å². The molecule has 7 heteroatoms. The zero-order valence-electron chi connectivity index (χ0n) is 17.1. The fraction of sp³-hybridized carbons (Fsp3) is 0.524. The highest BCUT2D eigenvalue weighted by Gasteiger charge is 2.35. The molecule has 0 unspecified atom stereocenters. The SMILES string of the molecule is CO[C@H](/C(=N/OCC(=O)Cc1ccc2[nH]ccc2c1)[C@@H](O)[C@@H](C)O)C(C)(C)C. The van der Waals surface area contributed by atoms with Crippen molar-refractivity contribution < 1.29 is 24.6 Å². The second-order valence-electron chi connectivity index (χ2n) is 8.07. The lowest BCUT2D eigenvalue weighted by molar-refractivity contribution is -0.123. The van der Waals surface area contributed by atoms with Crippen LogP contribution in [0.5, 0.6) is 0 Å². The van der Waals surface area contributed by atoms with Crippen LogP contribution in [-0.4, -0.2) is 58.7 Å². The van der Waals surface area contributed by atoms with E-state index in [4.69, 9.17) is 9.57 Å². The van der Waals surface area contributed by atoms with Crippen LogP contribution in [0.15, 0.2) is 35.6 Å². The van der Waals surface area contributed by atoms with E-state index in [1.807, 2.05) is 51.2 Å². The number of nitrogens with one attached hydrogen (secondary N) is 1. The predicted octanol–water partition coefficient (Wildman–Crippen LogP) is 2.45. The van der Waals surface area contributed by atoms with Crippen molar-refractivity contribution in [2.45, 2.75) is 52.4 Å². The number of carbonyl (C=O) groups is 1. The van der Waals surface area contributed by atoms with Crippen LogP contribution in [0.3, 0.4) is 0 Å². The zero-order chi connectivity index (χ0) is 20.9. The molecule has 1 aromatic carbocycles. The van der Waals surface area contributed by atoms with Crippen LogP contribution in [0.4, 0.5) is 0 Å². The van der Waals surface area contributed by atoms with Gasteiger partial charge in [0.05, 0.1) is 6.10 Å². The summed E-state index contributed by atoms with van der Waals surface area (Å²) in [5, 5.41) is 25.1. The van der Waals surface area contributed by atoms with E-state index in [-0.39, 0.29) is 29.9 Å². The van der Waals surface area contributed by atoms with Crippen LogP contribution >= 0.6 is 0 Å². The van der Waals surface area contributed by atoms with Crippen LogP contribution in [0.25, 0.3) is 10.9 Å². The Labute approximate surface area is 165 Å². The van der Waals surface area contributed by atoms with Gasteiger partial charge in [-0.2, -0.15) is 0 Å². The number of aromatic nitrogens is 1. The minimum absolute atomic E-state index is 0.144. The molecule has 3 atom stereocenters. The molecule has 154 valence electrons. The van der Waals surface area contributed by atoms with Crippen LogP contribution in [0, 0.1) is 5.41 Å². The maximum atomic E-state index is 12.3. The highest BCUT2D eigenvalue weighted by atomic mass is 16.6. The molecule has 0 fully saturated rings. The number of ether oxygens (including phenoxy) is 1. The first-order valence-electron chi connectivity index (χ1n) is 9.30. The molecule has 0 bridgehead atoms. The van der Waals surface area contributed by atoms with E-state index in [2.05, 4.69) is 10.1 Å². The van der Waals surface area contributed by atoms with Crippen molar-refractivity contribution in [2.75, 3.05) is 13.7 Å². The van der Waals surface area contributed by atoms with Gasteiger partial charge in [-0.3, -0.25) is 4.79 Å². The summed E-state index contributed by atoms with van der Waals surface area (Å²) in [5.41, 5.74) is 1.68. The highest BCUT2D eigenvalue weighted by molar-refractivity contribution is 5.93. The molecule has 7 nitrogen and oxygen atoms in total. The Morgan fingerprint density at radius 1 is 1.25 bits per heavy atom. The van der Waals surface area contributed by atoms with Crippen LogP contribution in [0.2, 0.25) is 0 Å². The lowest BCUT2D eigenvalue weighted by Crippen LogP contribution is -2.46. The fourth-order valence-electron chi connectivity index (χ4n) is 3.09.